The predicted octanol–water partition coefficient (Wildman–Crippen LogP) is 6.26. The van der Waals surface area contributed by atoms with E-state index in [2.05, 4.69) is 49.4 Å². The molecule has 0 spiro atoms. The molecule has 0 saturated carbocycles. The van der Waals surface area contributed by atoms with E-state index in [1.54, 1.807) is 0 Å². The van der Waals surface area contributed by atoms with E-state index in [0.717, 1.165) is 11.2 Å². The van der Waals surface area contributed by atoms with Crippen LogP contribution in [0.25, 0.3) is 42.1 Å². The Kier molecular flexibility index (Phi) is 2.09. The van der Waals surface area contributed by atoms with E-state index in [1.165, 1.54) is 36.5 Å². The molecule has 0 fully saturated rings. The Hall–Kier alpha value is -2.32. The molecule has 0 unspecified atom stereocenters. The molecule has 3 aromatic carbocycles. The molecule has 21 heavy (non-hydrogen) atoms. The van der Waals surface area contributed by atoms with Gasteiger partial charge >= 0.3 is 0 Å². The molecule has 5 aromatic rings. The summed E-state index contributed by atoms with van der Waals surface area (Å²) in [5, 5.41) is 5.03. The molecule has 5 rings (SSSR count). The Morgan fingerprint density at radius 2 is 1.57 bits per heavy atom. The van der Waals surface area contributed by atoms with Crippen LogP contribution in [0.3, 0.4) is 0 Å². The SMILES string of the molecule is Cc1ccc2sc3cc4c(cc3c2c1)oc1ccccc14. The number of furan rings is 1. The fourth-order valence-corrected chi connectivity index (χ4v) is 4.22. The van der Waals surface area contributed by atoms with Crippen LogP contribution < -0.4 is 0 Å². The summed E-state index contributed by atoms with van der Waals surface area (Å²) in [6.45, 7) is 2.14. The van der Waals surface area contributed by atoms with Crippen molar-refractivity contribution < 1.29 is 4.42 Å². The number of aryl methyl sites for hydroxylation is 1. The van der Waals surface area contributed by atoms with Crippen LogP contribution in [-0.2, 0) is 0 Å². The zero-order valence-electron chi connectivity index (χ0n) is 11.5. The topological polar surface area (TPSA) is 13.1 Å². The zero-order valence-corrected chi connectivity index (χ0v) is 12.3. The smallest absolute Gasteiger partial charge is 0.136 e. The maximum Gasteiger partial charge on any atom is 0.136 e. The first-order chi connectivity index (χ1) is 10.3. The average molecular weight is 288 g/mol. The summed E-state index contributed by atoms with van der Waals surface area (Å²) in [6.07, 6.45) is 0. The van der Waals surface area contributed by atoms with Crippen molar-refractivity contribution >= 4 is 53.4 Å². The van der Waals surface area contributed by atoms with Gasteiger partial charge in [0.15, 0.2) is 0 Å². The minimum atomic E-state index is 0.964. The number of thiophene rings is 1. The highest BCUT2D eigenvalue weighted by molar-refractivity contribution is 7.25. The Morgan fingerprint density at radius 3 is 2.52 bits per heavy atom. The molecule has 0 radical (unpaired) electrons. The summed E-state index contributed by atoms with van der Waals surface area (Å²) in [7, 11) is 0. The molecule has 0 aliphatic heterocycles. The molecule has 1 nitrogen and oxygen atoms in total. The lowest BCUT2D eigenvalue weighted by atomic mass is 10.1. The zero-order chi connectivity index (χ0) is 14.0. The molecular weight excluding hydrogens is 276 g/mol. The normalized spacial score (nSPS) is 12.0. The van der Waals surface area contributed by atoms with Crippen LogP contribution in [0, 0.1) is 6.92 Å². The second-order valence-electron chi connectivity index (χ2n) is 5.54. The third-order valence-electron chi connectivity index (χ3n) is 4.12. The van der Waals surface area contributed by atoms with Crippen LogP contribution in [0.15, 0.2) is 59.0 Å². The van der Waals surface area contributed by atoms with Gasteiger partial charge in [-0.05, 0) is 37.3 Å². The van der Waals surface area contributed by atoms with Crippen molar-refractivity contribution in [3.05, 3.63) is 60.2 Å². The average Bonchev–Trinajstić information content (AvgIpc) is 3.02. The van der Waals surface area contributed by atoms with Gasteiger partial charge in [0.05, 0.1) is 0 Å². The molecule has 0 bridgehead atoms. The van der Waals surface area contributed by atoms with E-state index in [1.807, 2.05) is 23.5 Å². The summed E-state index contributed by atoms with van der Waals surface area (Å²) in [6, 6.07) is 19.4. The molecule has 100 valence electrons. The molecule has 2 heteroatoms. The van der Waals surface area contributed by atoms with Gasteiger partial charge in [-0.15, -0.1) is 11.3 Å². The highest BCUT2D eigenvalue weighted by Gasteiger charge is 2.11. The van der Waals surface area contributed by atoms with E-state index >= 15 is 0 Å². The van der Waals surface area contributed by atoms with Gasteiger partial charge in [-0.2, -0.15) is 0 Å². The Bertz CT molecular complexity index is 1140. The standard InChI is InChI=1S/C19H12OS/c1-11-6-7-18-14(8-11)15-9-17-13(10-19(15)21-18)12-4-2-3-5-16(12)20-17/h2-10H,1H3. The molecule has 0 atom stereocenters. The molecule has 2 aromatic heterocycles. The number of hydrogen-bond acceptors (Lipinski definition) is 2. The van der Waals surface area contributed by atoms with Gasteiger partial charge in [0.2, 0.25) is 0 Å². The van der Waals surface area contributed by atoms with Crippen LogP contribution in [0.4, 0.5) is 0 Å². The van der Waals surface area contributed by atoms with Crippen LogP contribution in [0.2, 0.25) is 0 Å². The van der Waals surface area contributed by atoms with E-state index in [4.69, 9.17) is 4.42 Å². The van der Waals surface area contributed by atoms with Gasteiger partial charge in [-0.25, -0.2) is 0 Å². The fourth-order valence-electron chi connectivity index (χ4n) is 3.11. The third-order valence-corrected chi connectivity index (χ3v) is 5.26. The number of hydrogen-bond donors (Lipinski definition) is 0. The molecule has 0 aliphatic carbocycles. The maximum absolute atomic E-state index is 6.01. The van der Waals surface area contributed by atoms with Gasteiger partial charge in [0.25, 0.3) is 0 Å². The second kappa shape index (κ2) is 3.86. The van der Waals surface area contributed by atoms with Gasteiger partial charge in [-0.3, -0.25) is 0 Å². The van der Waals surface area contributed by atoms with Crippen molar-refractivity contribution in [2.24, 2.45) is 0 Å². The summed E-state index contributed by atoms with van der Waals surface area (Å²) in [5.74, 6) is 0. The van der Waals surface area contributed by atoms with Gasteiger partial charge in [0, 0.05) is 30.9 Å². The highest BCUT2D eigenvalue weighted by atomic mass is 32.1. The second-order valence-corrected chi connectivity index (χ2v) is 6.63. The van der Waals surface area contributed by atoms with Crippen molar-refractivity contribution in [1.82, 2.24) is 0 Å². The van der Waals surface area contributed by atoms with Crippen molar-refractivity contribution in [2.45, 2.75) is 6.92 Å². The first-order valence-electron chi connectivity index (χ1n) is 7.04. The first-order valence-corrected chi connectivity index (χ1v) is 7.85. The fraction of sp³-hybridized carbons (Fsp3) is 0.0526. The van der Waals surface area contributed by atoms with Crippen molar-refractivity contribution in [1.29, 1.82) is 0 Å². The van der Waals surface area contributed by atoms with E-state index in [-0.39, 0.29) is 0 Å². The molecular formula is C19H12OS. The van der Waals surface area contributed by atoms with Gasteiger partial charge in [0.1, 0.15) is 11.2 Å². The van der Waals surface area contributed by atoms with E-state index in [0.29, 0.717) is 0 Å². The lowest BCUT2D eigenvalue weighted by Crippen LogP contribution is -1.71. The monoisotopic (exact) mass is 288 g/mol. The molecule has 0 amide bonds. The molecule has 0 saturated heterocycles. The van der Waals surface area contributed by atoms with Crippen LogP contribution >= 0.6 is 11.3 Å². The Labute approximate surface area is 125 Å². The van der Waals surface area contributed by atoms with E-state index < -0.39 is 0 Å². The lowest BCUT2D eigenvalue weighted by Gasteiger charge is -1.94. The van der Waals surface area contributed by atoms with E-state index in [9.17, 15) is 0 Å². The summed E-state index contributed by atoms with van der Waals surface area (Å²) in [5.41, 5.74) is 3.24. The van der Waals surface area contributed by atoms with Crippen molar-refractivity contribution in [3.8, 4) is 0 Å². The predicted molar refractivity (Wildman–Crippen MR) is 91.3 cm³/mol. The summed E-state index contributed by atoms with van der Waals surface area (Å²) in [4.78, 5) is 0. The minimum Gasteiger partial charge on any atom is -0.456 e. The third kappa shape index (κ3) is 1.51. The highest BCUT2D eigenvalue weighted by Crippen LogP contribution is 2.39. The van der Waals surface area contributed by atoms with Gasteiger partial charge in [-0.1, -0.05) is 29.8 Å². The molecule has 0 N–H and O–H groups in total. The van der Waals surface area contributed by atoms with Crippen molar-refractivity contribution in [2.75, 3.05) is 0 Å². The number of benzene rings is 3. The molecule has 0 aliphatic rings. The van der Waals surface area contributed by atoms with Crippen LogP contribution in [0.1, 0.15) is 5.56 Å². The lowest BCUT2D eigenvalue weighted by molar-refractivity contribution is 0.669. The number of para-hydroxylation sites is 1. The van der Waals surface area contributed by atoms with Crippen LogP contribution in [-0.4, -0.2) is 0 Å². The van der Waals surface area contributed by atoms with Crippen molar-refractivity contribution in [3.63, 3.8) is 0 Å². The Balaban J connectivity index is 2.02. The number of rotatable bonds is 0. The largest absolute Gasteiger partial charge is 0.456 e. The van der Waals surface area contributed by atoms with Gasteiger partial charge < -0.3 is 4.42 Å². The summed E-state index contributed by atoms with van der Waals surface area (Å²) < 4.78 is 8.68. The summed E-state index contributed by atoms with van der Waals surface area (Å²) >= 11 is 1.86. The maximum atomic E-state index is 6.01. The first kappa shape index (κ1) is 11.4. The number of fused-ring (bicyclic) bond motifs is 6. The quantitative estimate of drug-likeness (QED) is 0.327. The molecule has 2 heterocycles. The minimum absolute atomic E-state index is 0.964. The van der Waals surface area contributed by atoms with Crippen LogP contribution in [0.5, 0.6) is 0 Å². The Morgan fingerprint density at radius 1 is 0.714 bits per heavy atom.